The molecule has 0 N–H and O–H groups in total. The Kier molecular flexibility index (Phi) is 5.91. The zero-order chi connectivity index (χ0) is 19.3. The summed E-state index contributed by atoms with van der Waals surface area (Å²) in [7, 11) is 0. The molecule has 2 atom stereocenters. The maximum atomic E-state index is 13.2. The Hall–Kier alpha value is -2.40. The molecular weight excluding hydrogens is 352 g/mol. The SMILES string of the molecule is Cc1onc(-c2ccccc2)c1CN(C[C@@H]1CC=CCC1)C(=O)[C@H]1CCCO1. The first-order valence-electron chi connectivity index (χ1n) is 10.3. The van der Waals surface area contributed by atoms with E-state index in [0.717, 1.165) is 61.2 Å². The number of benzene rings is 1. The summed E-state index contributed by atoms with van der Waals surface area (Å²) in [6.07, 6.45) is 9.19. The third-order valence-corrected chi connectivity index (χ3v) is 5.75. The fraction of sp³-hybridized carbons (Fsp3) is 0.478. The van der Waals surface area contributed by atoms with E-state index < -0.39 is 0 Å². The maximum absolute atomic E-state index is 13.2. The standard InChI is InChI=1S/C23H28N2O3/c1-17-20(22(24-28-17)19-11-6-3-7-12-19)16-25(15-18-9-4-2-5-10-18)23(26)21-13-8-14-27-21/h2-4,6-7,11-12,18,21H,5,8-10,13-16H2,1H3/t18-,21-/m1/s1. The Balaban J connectivity index is 1.59. The lowest BCUT2D eigenvalue weighted by atomic mass is 9.93. The molecule has 1 aliphatic heterocycles. The average molecular weight is 380 g/mol. The number of allylic oxidation sites excluding steroid dienone is 2. The van der Waals surface area contributed by atoms with Gasteiger partial charge in [-0.05, 0) is 44.9 Å². The first-order chi connectivity index (χ1) is 13.7. The Morgan fingerprint density at radius 1 is 1.21 bits per heavy atom. The van der Waals surface area contributed by atoms with Gasteiger partial charge in [0, 0.05) is 24.3 Å². The van der Waals surface area contributed by atoms with Gasteiger partial charge in [0.2, 0.25) is 0 Å². The largest absolute Gasteiger partial charge is 0.368 e. The summed E-state index contributed by atoms with van der Waals surface area (Å²) in [5.74, 6) is 1.37. The number of ether oxygens (including phenoxy) is 1. The third-order valence-electron chi connectivity index (χ3n) is 5.75. The van der Waals surface area contributed by atoms with Crippen molar-refractivity contribution in [2.24, 2.45) is 5.92 Å². The van der Waals surface area contributed by atoms with Gasteiger partial charge < -0.3 is 14.2 Å². The molecule has 0 bridgehead atoms. The zero-order valence-corrected chi connectivity index (χ0v) is 16.5. The molecule has 1 aromatic carbocycles. The van der Waals surface area contributed by atoms with Gasteiger partial charge in [-0.2, -0.15) is 0 Å². The van der Waals surface area contributed by atoms with Crippen LogP contribution in [-0.2, 0) is 16.1 Å². The van der Waals surface area contributed by atoms with Crippen LogP contribution in [0, 0.1) is 12.8 Å². The lowest BCUT2D eigenvalue weighted by Crippen LogP contribution is -2.41. The van der Waals surface area contributed by atoms with E-state index in [0.29, 0.717) is 19.1 Å². The van der Waals surface area contributed by atoms with Crippen molar-refractivity contribution < 1.29 is 14.1 Å². The van der Waals surface area contributed by atoms with E-state index in [-0.39, 0.29) is 12.0 Å². The Morgan fingerprint density at radius 3 is 2.79 bits per heavy atom. The molecular formula is C23H28N2O3. The van der Waals surface area contributed by atoms with Crippen LogP contribution in [-0.4, -0.2) is 35.2 Å². The van der Waals surface area contributed by atoms with Crippen LogP contribution in [0.3, 0.4) is 0 Å². The molecule has 5 nitrogen and oxygen atoms in total. The van der Waals surface area contributed by atoms with Crippen molar-refractivity contribution in [1.82, 2.24) is 10.1 Å². The summed E-state index contributed by atoms with van der Waals surface area (Å²) < 4.78 is 11.2. The van der Waals surface area contributed by atoms with Gasteiger partial charge in [-0.3, -0.25) is 4.79 Å². The van der Waals surface area contributed by atoms with Gasteiger partial charge in [0.05, 0.1) is 6.54 Å². The highest BCUT2D eigenvalue weighted by Crippen LogP contribution is 2.29. The minimum absolute atomic E-state index is 0.103. The van der Waals surface area contributed by atoms with Crippen LogP contribution in [0.4, 0.5) is 0 Å². The molecule has 148 valence electrons. The van der Waals surface area contributed by atoms with E-state index in [9.17, 15) is 4.79 Å². The van der Waals surface area contributed by atoms with Gasteiger partial charge in [-0.25, -0.2) is 0 Å². The normalized spacial score (nSPS) is 21.8. The maximum Gasteiger partial charge on any atom is 0.252 e. The molecule has 0 spiro atoms. The summed E-state index contributed by atoms with van der Waals surface area (Å²) in [6, 6.07) is 10.0. The highest BCUT2D eigenvalue weighted by Gasteiger charge is 2.31. The number of hydrogen-bond donors (Lipinski definition) is 0. The Bertz CT molecular complexity index is 822. The van der Waals surface area contributed by atoms with E-state index in [1.165, 1.54) is 0 Å². The predicted molar refractivity (Wildman–Crippen MR) is 108 cm³/mol. The molecule has 0 saturated carbocycles. The summed E-state index contributed by atoms with van der Waals surface area (Å²) in [5, 5.41) is 4.29. The molecule has 1 aromatic heterocycles. The molecule has 28 heavy (non-hydrogen) atoms. The topological polar surface area (TPSA) is 55.6 Å². The van der Waals surface area contributed by atoms with Gasteiger partial charge in [0.15, 0.2) is 0 Å². The van der Waals surface area contributed by atoms with E-state index >= 15 is 0 Å². The van der Waals surface area contributed by atoms with Gasteiger partial charge in [0.1, 0.15) is 17.6 Å². The summed E-state index contributed by atoms with van der Waals surface area (Å²) in [4.78, 5) is 15.2. The first kappa shape index (κ1) is 18.9. The molecule has 1 amide bonds. The number of carbonyl (C=O) groups excluding carboxylic acids is 1. The number of aromatic nitrogens is 1. The van der Waals surface area contributed by atoms with Crippen LogP contribution in [0.25, 0.3) is 11.3 Å². The number of carbonyl (C=O) groups is 1. The fourth-order valence-corrected chi connectivity index (χ4v) is 4.13. The van der Waals surface area contributed by atoms with Crippen molar-refractivity contribution in [3.8, 4) is 11.3 Å². The number of hydrogen-bond acceptors (Lipinski definition) is 4. The van der Waals surface area contributed by atoms with Crippen molar-refractivity contribution in [2.45, 2.75) is 51.7 Å². The van der Waals surface area contributed by atoms with Gasteiger partial charge in [-0.15, -0.1) is 0 Å². The highest BCUT2D eigenvalue weighted by atomic mass is 16.5. The molecule has 2 heterocycles. The van der Waals surface area contributed by atoms with Crippen molar-refractivity contribution in [3.63, 3.8) is 0 Å². The smallest absolute Gasteiger partial charge is 0.252 e. The van der Waals surface area contributed by atoms with E-state index in [1.807, 2.05) is 42.2 Å². The molecule has 5 heteroatoms. The van der Waals surface area contributed by atoms with Gasteiger partial charge in [0.25, 0.3) is 5.91 Å². The summed E-state index contributed by atoms with van der Waals surface area (Å²) in [5.41, 5.74) is 2.83. The monoisotopic (exact) mass is 380 g/mol. The van der Waals surface area contributed by atoms with Gasteiger partial charge in [-0.1, -0.05) is 47.6 Å². The van der Waals surface area contributed by atoms with E-state index in [2.05, 4.69) is 17.3 Å². The second-order valence-electron chi connectivity index (χ2n) is 7.80. The van der Waals surface area contributed by atoms with Gasteiger partial charge >= 0.3 is 0 Å². The number of amides is 1. The lowest BCUT2D eigenvalue weighted by molar-refractivity contribution is -0.142. The predicted octanol–water partition coefficient (Wildman–Crippen LogP) is 4.51. The van der Waals surface area contributed by atoms with Crippen LogP contribution in [0.1, 0.15) is 43.4 Å². The van der Waals surface area contributed by atoms with Crippen molar-refractivity contribution in [3.05, 3.63) is 53.8 Å². The fourth-order valence-electron chi connectivity index (χ4n) is 4.13. The van der Waals surface area contributed by atoms with Crippen LogP contribution >= 0.6 is 0 Å². The van der Waals surface area contributed by atoms with Crippen LogP contribution < -0.4 is 0 Å². The number of aryl methyl sites for hydroxylation is 1. The second kappa shape index (κ2) is 8.74. The highest BCUT2D eigenvalue weighted by molar-refractivity contribution is 5.81. The zero-order valence-electron chi connectivity index (χ0n) is 16.5. The minimum atomic E-state index is -0.306. The molecule has 4 rings (SSSR count). The molecule has 0 radical (unpaired) electrons. The molecule has 1 fully saturated rings. The van der Waals surface area contributed by atoms with Crippen LogP contribution in [0.2, 0.25) is 0 Å². The van der Waals surface area contributed by atoms with E-state index in [4.69, 9.17) is 9.26 Å². The number of rotatable bonds is 6. The van der Waals surface area contributed by atoms with Crippen LogP contribution in [0.15, 0.2) is 47.0 Å². The van der Waals surface area contributed by atoms with Crippen molar-refractivity contribution in [2.75, 3.05) is 13.2 Å². The Labute approximate surface area is 166 Å². The first-order valence-corrected chi connectivity index (χ1v) is 10.3. The molecule has 0 unspecified atom stereocenters. The quantitative estimate of drug-likeness (QED) is 0.692. The molecule has 1 saturated heterocycles. The third kappa shape index (κ3) is 4.20. The molecule has 1 aliphatic carbocycles. The minimum Gasteiger partial charge on any atom is -0.368 e. The van der Waals surface area contributed by atoms with E-state index in [1.54, 1.807) is 0 Å². The summed E-state index contributed by atoms with van der Waals surface area (Å²) >= 11 is 0. The second-order valence-corrected chi connectivity index (χ2v) is 7.80. The lowest BCUT2D eigenvalue weighted by Gasteiger charge is -2.30. The van der Waals surface area contributed by atoms with Crippen LogP contribution in [0.5, 0.6) is 0 Å². The number of nitrogens with zero attached hydrogens (tertiary/aromatic N) is 2. The molecule has 2 aliphatic rings. The average Bonchev–Trinajstić information content (AvgIpc) is 3.39. The summed E-state index contributed by atoms with van der Waals surface area (Å²) in [6.45, 7) is 3.87. The Morgan fingerprint density at radius 2 is 2.07 bits per heavy atom. The molecule has 2 aromatic rings. The van der Waals surface area contributed by atoms with Crippen molar-refractivity contribution in [1.29, 1.82) is 0 Å². The van der Waals surface area contributed by atoms with Crippen molar-refractivity contribution >= 4 is 5.91 Å².